The van der Waals surface area contributed by atoms with Gasteiger partial charge in [-0.1, -0.05) is 0 Å². The Bertz CT molecular complexity index is 422. The van der Waals surface area contributed by atoms with Crippen LogP contribution in [0.4, 0.5) is 0 Å². The Labute approximate surface area is 122 Å². The Morgan fingerprint density at radius 3 is 2.65 bits per heavy atom. The molecular weight excluding hydrogens is 252 g/mol. The van der Waals surface area contributed by atoms with Crippen molar-refractivity contribution in [3.05, 3.63) is 17.0 Å². The summed E-state index contributed by atoms with van der Waals surface area (Å²) in [4.78, 5) is 2.41. The molecule has 0 amide bonds. The van der Waals surface area contributed by atoms with Gasteiger partial charge in [0.25, 0.3) is 0 Å². The first-order valence-corrected chi connectivity index (χ1v) is 7.64. The minimum absolute atomic E-state index is 0.143. The summed E-state index contributed by atoms with van der Waals surface area (Å²) < 4.78 is 1.90. The quantitative estimate of drug-likeness (QED) is 0.814. The molecule has 0 radical (unpaired) electrons. The molecule has 1 fully saturated rings. The molecule has 0 atom stereocenters. The van der Waals surface area contributed by atoms with Crippen molar-refractivity contribution in [2.24, 2.45) is 5.92 Å². The molecule has 5 nitrogen and oxygen atoms in total. The third kappa shape index (κ3) is 3.81. The highest BCUT2D eigenvalue weighted by Gasteiger charge is 2.17. The number of aliphatic hydroxyl groups excluding tert-OH is 1. The minimum atomic E-state index is 0.143. The number of aryl methyl sites for hydroxylation is 1. The first-order valence-electron chi connectivity index (χ1n) is 7.64. The lowest BCUT2D eigenvalue weighted by Crippen LogP contribution is -2.34. The van der Waals surface area contributed by atoms with Gasteiger partial charge in [0.1, 0.15) is 0 Å². The number of piperidine rings is 1. The molecular formula is C15H28N4O. The van der Waals surface area contributed by atoms with Gasteiger partial charge in [-0.3, -0.25) is 4.68 Å². The zero-order valence-corrected chi connectivity index (χ0v) is 13.0. The highest BCUT2D eigenvalue weighted by Crippen LogP contribution is 2.16. The molecule has 0 saturated carbocycles. The number of hydrogen-bond acceptors (Lipinski definition) is 4. The van der Waals surface area contributed by atoms with Crippen LogP contribution in [0.15, 0.2) is 0 Å². The number of aromatic nitrogens is 2. The number of likely N-dealkylation sites (tertiary alicyclic amines) is 1. The first-order chi connectivity index (χ1) is 9.61. The summed E-state index contributed by atoms with van der Waals surface area (Å²) in [7, 11) is 2.20. The second-order valence-electron chi connectivity index (χ2n) is 5.97. The van der Waals surface area contributed by atoms with Crippen molar-refractivity contribution in [2.75, 3.05) is 33.3 Å². The number of aliphatic hydroxyl groups is 1. The van der Waals surface area contributed by atoms with E-state index in [1.54, 1.807) is 0 Å². The molecule has 1 saturated heterocycles. The van der Waals surface area contributed by atoms with Gasteiger partial charge in [0.05, 0.1) is 18.8 Å². The van der Waals surface area contributed by atoms with E-state index in [2.05, 4.69) is 29.3 Å². The van der Waals surface area contributed by atoms with Gasteiger partial charge >= 0.3 is 0 Å². The minimum Gasteiger partial charge on any atom is -0.394 e. The van der Waals surface area contributed by atoms with E-state index in [0.717, 1.165) is 24.7 Å². The zero-order valence-electron chi connectivity index (χ0n) is 13.0. The van der Waals surface area contributed by atoms with Crippen molar-refractivity contribution >= 4 is 0 Å². The van der Waals surface area contributed by atoms with E-state index in [0.29, 0.717) is 6.54 Å². The first kappa shape index (κ1) is 15.5. The van der Waals surface area contributed by atoms with Crippen LogP contribution in [0.2, 0.25) is 0 Å². The van der Waals surface area contributed by atoms with Crippen LogP contribution in [0.25, 0.3) is 0 Å². The molecule has 1 aromatic rings. The molecule has 1 aromatic heterocycles. The predicted octanol–water partition coefficient (Wildman–Crippen LogP) is 0.924. The molecule has 0 aromatic carbocycles. The average Bonchev–Trinajstić information content (AvgIpc) is 2.69. The van der Waals surface area contributed by atoms with Gasteiger partial charge in [0.15, 0.2) is 0 Å². The maximum atomic E-state index is 9.03. The summed E-state index contributed by atoms with van der Waals surface area (Å²) in [6.07, 6.45) is 2.59. The topological polar surface area (TPSA) is 53.3 Å². The molecule has 20 heavy (non-hydrogen) atoms. The van der Waals surface area contributed by atoms with Crippen molar-refractivity contribution in [2.45, 2.75) is 39.8 Å². The Morgan fingerprint density at radius 1 is 1.30 bits per heavy atom. The standard InChI is InChI=1S/C15H28N4O/c1-12-15(13(2)19(17-12)8-9-20)11-16-10-14-4-6-18(3)7-5-14/h14,16,20H,4-11H2,1-3H3. The van der Waals surface area contributed by atoms with Crippen LogP contribution in [0.1, 0.15) is 29.8 Å². The summed E-state index contributed by atoms with van der Waals surface area (Å²) >= 11 is 0. The van der Waals surface area contributed by atoms with Gasteiger partial charge in [-0.05, 0) is 59.3 Å². The fourth-order valence-corrected chi connectivity index (χ4v) is 2.97. The normalized spacial score (nSPS) is 17.8. The summed E-state index contributed by atoms with van der Waals surface area (Å²) in [6.45, 7) is 9.28. The fraction of sp³-hybridized carbons (Fsp3) is 0.800. The lowest BCUT2D eigenvalue weighted by Gasteiger charge is -2.29. The van der Waals surface area contributed by atoms with Crippen molar-refractivity contribution < 1.29 is 5.11 Å². The van der Waals surface area contributed by atoms with Crippen LogP contribution >= 0.6 is 0 Å². The van der Waals surface area contributed by atoms with E-state index >= 15 is 0 Å². The van der Waals surface area contributed by atoms with Gasteiger partial charge in [-0.25, -0.2) is 0 Å². The second-order valence-corrected chi connectivity index (χ2v) is 5.97. The Kier molecular flexibility index (Phi) is 5.57. The Morgan fingerprint density at radius 2 is 2.00 bits per heavy atom. The number of nitrogens with zero attached hydrogens (tertiary/aromatic N) is 3. The molecule has 0 aliphatic carbocycles. The highest BCUT2D eigenvalue weighted by atomic mass is 16.3. The van der Waals surface area contributed by atoms with Gasteiger partial charge < -0.3 is 15.3 Å². The monoisotopic (exact) mass is 280 g/mol. The number of nitrogens with one attached hydrogen (secondary N) is 1. The van der Waals surface area contributed by atoms with Crippen molar-refractivity contribution in [3.63, 3.8) is 0 Å². The second kappa shape index (κ2) is 7.20. The molecule has 5 heteroatoms. The van der Waals surface area contributed by atoms with Gasteiger partial charge in [-0.15, -0.1) is 0 Å². The van der Waals surface area contributed by atoms with Crippen molar-refractivity contribution in [1.82, 2.24) is 20.0 Å². The fourth-order valence-electron chi connectivity index (χ4n) is 2.97. The van der Waals surface area contributed by atoms with Gasteiger partial charge in [-0.2, -0.15) is 5.10 Å². The van der Waals surface area contributed by atoms with Crippen LogP contribution < -0.4 is 5.32 Å². The van der Waals surface area contributed by atoms with Crippen LogP contribution in [-0.2, 0) is 13.1 Å². The lowest BCUT2D eigenvalue weighted by atomic mass is 9.97. The molecule has 1 aliphatic rings. The van der Waals surface area contributed by atoms with E-state index in [1.165, 1.54) is 37.2 Å². The summed E-state index contributed by atoms with van der Waals surface area (Å²) in [5.41, 5.74) is 3.53. The van der Waals surface area contributed by atoms with Crippen molar-refractivity contribution in [1.29, 1.82) is 0 Å². The maximum Gasteiger partial charge on any atom is 0.0644 e. The van der Waals surface area contributed by atoms with E-state index in [4.69, 9.17) is 5.11 Å². The Hall–Kier alpha value is -0.910. The zero-order chi connectivity index (χ0) is 14.5. The summed E-state index contributed by atoms with van der Waals surface area (Å²) in [5, 5.41) is 17.1. The SMILES string of the molecule is Cc1nn(CCO)c(C)c1CNCC1CCN(C)CC1. The molecule has 1 aliphatic heterocycles. The van der Waals surface area contributed by atoms with Gasteiger partial charge in [0, 0.05) is 17.8 Å². The largest absolute Gasteiger partial charge is 0.394 e. The third-order valence-corrected chi connectivity index (χ3v) is 4.42. The molecule has 2 heterocycles. The van der Waals surface area contributed by atoms with E-state index in [-0.39, 0.29) is 6.61 Å². The van der Waals surface area contributed by atoms with Crippen LogP contribution in [0.3, 0.4) is 0 Å². The summed E-state index contributed by atoms with van der Waals surface area (Å²) in [5.74, 6) is 0.805. The Balaban J connectivity index is 1.82. The number of hydrogen-bond donors (Lipinski definition) is 2. The number of rotatable bonds is 6. The van der Waals surface area contributed by atoms with E-state index < -0.39 is 0 Å². The van der Waals surface area contributed by atoms with Gasteiger partial charge in [0.2, 0.25) is 0 Å². The maximum absolute atomic E-state index is 9.03. The molecule has 0 unspecified atom stereocenters. The summed E-state index contributed by atoms with van der Waals surface area (Å²) in [6, 6.07) is 0. The van der Waals surface area contributed by atoms with Crippen LogP contribution in [0, 0.1) is 19.8 Å². The van der Waals surface area contributed by atoms with Crippen molar-refractivity contribution in [3.8, 4) is 0 Å². The van der Waals surface area contributed by atoms with E-state index in [1.807, 2.05) is 11.6 Å². The smallest absolute Gasteiger partial charge is 0.0644 e. The molecule has 0 spiro atoms. The highest BCUT2D eigenvalue weighted by molar-refractivity contribution is 5.24. The third-order valence-electron chi connectivity index (χ3n) is 4.42. The molecule has 2 rings (SSSR count). The van der Waals surface area contributed by atoms with Crippen LogP contribution in [-0.4, -0.2) is 53.1 Å². The lowest BCUT2D eigenvalue weighted by molar-refractivity contribution is 0.216. The van der Waals surface area contributed by atoms with Crippen LogP contribution in [0.5, 0.6) is 0 Å². The molecule has 0 bridgehead atoms. The molecule has 2 N–H and O–H groups in total. The average molecular weight is 280 g/mol. The molecule has 114 valence electrons. The predicted molar refractivity (Wildman–Crippen MR) is 80.7 cm³/mol. The van der Waals surface area contributed by atoms with E-state index in [9.17, 15) is 0 Å².